The van der Waals surface area contributed by atoms with Gasteiger partial charge in [-0.3, -0.25) is 0 Å². The molecule has 146 valence electrons. The minimum absolute atomic E-state index is 0.250. The van der Waals surface area contributed by atoms with E-state index in [4.69, 9.17) is 24.3 Å². The molecular formula is C22H29Cl2NSiTi-2. The zero-order chi connectivity index (χ0) is 20.6. The molecule has 27 heavy (non-hydrogen) atoms. The van der Waals surface area contributed by atoms with Crippen molar-refractivity contribution in [2.24, 2.45) is 0 Å². The van der Waals surface area contributed by atoms with Crippen molar-refractivity contribution in [2.45, 2.75) is 46.3 Å². The third kappa shape index (κ3) is 10.0. The van der Waals surface area contributed by atoms with Gasteiger partial charge >= 0.3 is 52.4 Å². The topological polar surface area (TPSA) is 23.8 Å². The second-order valence-corrected chi connectivity index (χ2v) is 23.8. The molecule has 3 rings (SSSR count). The second kappa shape index (κ2) is 11.5. The van der Waals surface area contributed by atoms with Crippen LogP contribution in [0.4, 0.5) is 0 Å². The number of halogens is 2. The summed E-state index contributed by atoms with van der Waals surface area (Å²) < 4.78 is 0. The van der Waals surface area contributed by atoms with Crippen molar-refractivity contribution in [2.75, 3.05) is 0 Å². The normalized spacial score (nSPS) is 10.4. The van der Waals surface area contributed by atoms with Gasteiger partial charge in [-0.15, -0.1) is 40.1 Å². The summed E-state index contributed by atoms with van der Waals surface area (Å²) in [6, 6.07) is 21.6. The van der Waals surface area contributed by atoms with Crippen molar-refractivity contribution in [3.63, 3.8) is 0 Å². The molecule has 0 aliphatic rings. The molecule has 3 aromatic carbocycles. The number of hydrogen-bond donors (Lipinski definition) is 0. The molecule has 0 aliphatic carbocycles. The van der Waals surface area contributed by atoms with E-state index < -0.39 is 14.5 Å². The molecule has 0 unspecified atom stereocenters. The summed E-state index contributed by atoms with van der Waals surface area (Å²) >= 11 is -1.42. The van der Waals surface area contributed by atoms with E-state index in [1.165, 1.54) is 27.5 Å². The van der Waals surface area contributed by atoms with Crippen LogP contribution in [0.1, 0.15) is 26.3 Å². The molecule has 0 aliphatic heterocycles. The zero-order valence-electron chi connectivity index (χ0n) is 17.0. The number of rotatable bonds is 1. The maximum atomic E-state index is 6.94. The van der Waals surface area contributed by atoms with E-state index in [-0.39, 0.29) is 11.7 Å². The van der Waals surface area contributed by atoms with Crippen molar-refractivity contribution in [3.8, 4) is 11.1 Å². The van der Waals surface area contributed by atoms with Crippen LogP contribution >= 0.6 is 18.6 Å². The minimum Gasteiger partial charge on any atom is -0.165 e. The SMILES string of the molecule is CC(C)(C)[NH-].C[Si](C)=[Ti]([Cl])[Cl].Cc1cc2c(-c3ccccc3)cccc2[cH-]1. The quantitative estimate of drug-likeness (QED) is 0.260. The van der Waals surface area contributed by atoms with Crippen LogP contribution in [0.25, 0.3) is 27.6 Å². The summed E-state index contributed by atoms with van der Waals surface area (Å²) in [4.78, 5) is 0. The van der Waals surface area contributed by atoms with Gasteiger partial charge in [0.2, 0.25) is 0 Å². The Kier molecular flexibility index (Phi) is 10.5. The van der Waals surface area contributed by atoms with Crippen LogP contribution in [-0.2, 0) is 14.5 Å². The Morgan fingerprint density at radius 3 is 1.96 bits per heavy atom. The number of benzene rings is 2. The maximum Gasteiger partial charge on any atom is -0.0279 e. The first-order valence-electron chi connectivity index (χ1n) is 8.94. The first-order chi connectivity index (χ1) is 12.5. The Labute approximate surface area is 178 Å². The average molecular weight is 454 g/mol. The van der Waals surface area contributed by atoms with E-state index in [9.17, 15) is 0 Å². The fourth-order valence-electron chi connectivity index (χ4n) is 2.25. The number of fused-ring (bicyclic) bond motifs is 1. The molecule has 3 aromatic rings. The van der Waals surface area contributed by atoms with E-state index in [1.54, 1.807) is 0 Å². The molecule has 0 atom stereocenters. The summed E-state index contributed by atoms with van der Waals surface area (Å²) in [6.07, 6.45) is -0.254. The van der Waals surface area contributed by atoms with Gasteiger partial charge in [-0.05, 0) is 5.56 Å². The molecule has 0 aromatic heterocycles. The molecule has 0 heterocycles. The third-order valence-electron chi connectivity index (χ3n) is 3.36. The molecule has 0 fully saturated rings. The predicted molar refractivity (Wildman–Crippen MR) is 123 cm³/mol. The molecule has 5 heteroatoms. The summed E-state index contributed by atoms with van der Waals surface area (Å²) in [6.45, 7) is 12.0. The predicted octanol–water partition coefficient (Wildman–Crippen LogP) is 8.53. The van der Waals surface area contributed by atoms with Crippen molar-refractivity contribution in [1.82, 2.24) is 0 Å². The first-order valence-corrected chi connectivity index (χ1v) is 18.1. The largest absolute Gasteiger partial charge is 0.165 e. The molecule has 1 N–H and O–H groups in total. The third-order valence-corrected chi connectivity index (χ3v) is 17.0. The van der Waals surface area contributed by atoms with Gasteiger partial charge < -0.3 is 5.73 Å². The van der Waals surface area contributed by atoms with E-state index in [1.807, 2.05) is 20.8 Å². The van der Waals surface area contributed by atoms with E-state index in [0.717, 1.165) is 0 Å². The van der Waals surface area contributed by atoms with Crippen molar-refractivity contribution in [3.05, 3.63) is 72.0 Å². The van der Waals surface area contributed by atoms with Crippen molar-refractivity contribution >= 4 is 35.6 Å². The second-order valence-electron chi connectivity index (χ2n) is 7.72. The number of nitrogens with one attached hydrogen (secondary N) is 1. The van der Waals surface area contributed by atoms with Crippen molar-refractivity contribution in [1.29, 1.82) is 0 Å². The van der Waals surface area contributed by atoms with Gasteiger partial charge in [-0.1, -0.05) is 69.7 Å². The van der Waals surface area contributed by atoms with Gasteiger partial charge in [0, 0.05) is 0 Å². The van der Waals surface area contributed by atoms with Crippen LogP contribution in [0.15, 0.2) is 60.7 Å². The van der Waals surface area contributed by atoms with E-state index >= 15 is 0 Å². The standard InChI is InChI=1S/C16H13.C4H10N.C2H6Si.2ClH.Ti/c1-12-10-14-8-5-9-15(16(14)11-12)13-6-3-2-4-7-13;1-4(2,3)5;1-3-2;;;/h2-11H,1H3;5H,1-3H3;1-2H3;2*1H;/q2*-1;;;;+2/p-2. The molecule has 1 nitrogen and oxygen atoms in total. The Bertz CT molecular complexity index is 856. The van der Waals surface area contributed by atoms with Gasteiger partial charge in [-0.2, -0.15) is 6.07 Å². The molecule has 0 spiro atoms. The van der Waals surface area contributed by atoms with Crippen LogP contribution in [0.3, 0.4) is 0 Å². The van der Waals surface area contributed by atoms with Crippen LogP contribution in [0, 0.1) is 6.92 Å². The van der Waals surface area contributed by atoms with Gasteiger partial charge in [0.15, 0.2) is 0 Å². The van der Waals surface area contributed by atoms with Gasteiger partial charge in [0.1, 0.15) is 0 Å². The van der Waals surface area contributed by atoms with Crippen LogP contribution < -0.4 is 0 Å². The van der Waals surface area contributed by atoms with Crippen LogP contribution in [-0.4, -0.2) is 11.7 Å². The van der Waals surface area contributed by atoms with Crippen molar-refractivity contribution < 1.29 is 14.5 Å². The summed E-state index contributed by atoms with van der Waals surface area (Å²) in [5.74, 6) is 0. The monoisotopic (exact) mass is 453 g/mol. The Morgan fingerprint density at radius 1 is 0.963 bits per heavy atom. The van der Waals surface area contributed by atoms with Crippen LogP contribution in [0.5, 0.6) is 0 Å². The molecule has 0 saturated carbocycles. The zero-order valence-corrected chi connectivity index (χ0v) is 21.1. The van der Waals surface area contributed by atoms with E-state index in [0.29, 0.717) is 0 Å². The molecule has 0 radical (unpaired) electrons. The fourth-order valence-corrected chi connectivity index (χ4v) is 2.25. The average Bonchev–Trinajstić information content (AvgIpc) is 2.94. The number of aryl methyl sites for hydroxylation is 1. The summed E-state index contributed by atoms with van der Waals surface area (Å²) in [5, 5.41) is 2.69. The summed E-state index contributed by atoms with van der Waals surface area (Å²) in [7, 11) is 11.2. The number of hydrogen-bond acceptors (Lipinski definition) is 0. The minimum atomic E-state index is -1.42. The van der Waals surface area contributed by atoms with E-state index in [2.05, 4.69) is 80.7 Å². The van der Waals surface area contributed by atoms with Gasteiger partial charge in [0.05, 0.1) is 0 Å². The Hall–Kier alpha value is -0.479. The fraction of sp³-hybridized carbons (Fsp3) is 0.318. The molecule has 0 bridgehead atoms. The first kappa shape index (κ1) is 24.6. The summed E-state index contributed by atoms with van der Waals surface area (Å²) in [5.41, 5.74) is 10.6. The van der Waals surface area contributed by atoms with Gasteiger partial charge in [-0.25, -0.2) is 0 Å². The molecular weight excluding hydrogens is 425 g/mol. The Balaban J connectivity index is 0.000000278. The molecule has 0 saturated heterocycles. The molecule has 0 amide bonds. The Morgan fingerprint density at radius 2 is 1.48 bits per heavy atom. The van der Waals surface area contributed by atoms with Crippen LogP contribution in [0.2, 0.25) is 13.1 Å². The smallest absolute Gasteiger partial charge is 0.0279 e. The maximum absolute atomic E-state index is 6.94. The van der Waals surface area contributed by atoms with Gasteiger partial charge in [0.25, 0.3) is 0 Å².